The largest absolute Gasteiger partial charge is 0.368 e. The molecule has 2 aromatic carbocycles. The Morgan fingerprint density at radius 2 is 1.70 bits per heavy atom. The molecule has 0 bridgehead atoms. The van der Waals surface area contributed by atoms with Gasteiger partial charge in [0.05, 0.1) is 4.88 Å². The molecule has 1 aromatic heterocycles. The number of carbonyl (C=O) groups is 2. The van der Waals surface area contributed by atoms with Crippen LogP contribution in [0.1, 0.15) is 31.2 Å². The van der Waals surface area contributed by atoms with E-state index in [0.29, 0.717) is 29.2 Å². The molecular formula is C24H25N3O2S. The van der Waals surface area contributed by atoms with Gasteiger partial charge in [0.1, 0.15) is 0 Å². The molecule has 2 heterocycles. The maximum atomic E-state index is 13.0. The molecule has 1 N–H and O–H groups in total. The molecule has 1 fully saturated rings. The van der Waals surface area contributed by atoms with Gasteiger partial charge in [-0.3, -0.25) is 9.59 Å². The highest BCUT2D eigenvalue weighted by Crippen LogP contribution is 2.24. The molecule has 0 unspecified atom stereocenters. The molecule has 1 aliphatic rings. The Morgan fingerprint density at radius 1 is 0.933 bits per heavy atom. The van der Waals surface area contributed by atoms with Gasteiger partial charge in [0.2, 0.25) is 0 Å². The van der Waals surface area contributed by atoms with Crippen LogP contribution in [0.15, 0.2) is 60.0 Å². The third-order valence-electron chi connectivity index (χ3n) is 5.60. The molecule has 1 aliphatic heterocycles. The van der Waals surface area contributed by atoms with Crippen LogP contribution in [0.25, 0.3) is 0 Å². The van der Waals surface area contributed by atoms with Crippen molar-refractivity contribution in [3.63, 3.8) is 0 Å². The Kier molecular flexibility index (Phi) is 5.86. The van der Waals surface area contributed by atoms with Crippen LogP contribution in [-0.4, -0.2) is 42.9 Å². The summed E-state index contributed by atoms with van der Waals surface area (Å²) in [5.74, 6) is -0.153. The molecule has 2 amide bonds. The molecular weight excluding hydrogens is 394 g/mol. The van der Waals surface area contributed by atoms with Crippen LogP contribution >= 0.6 is 11.3 Å². The van der Waals surface area contributed by atoms with E-state index in [1.165, 1.54) is 28.2 Å². The minimum absolute atomic E-state index is 0.00263. The fraction of sp³-hybridized carbons (Fsp3) is 0.250. The van der Waals surface area contributed by atoms with E-state index < -0.39 is 0 Å². The lowest BCUT2D eigenvalue weighted by atomic mass is 10.1. The van der Waals surface area contributed by atoms with E-state index in [-0.39, 0.29) is 11.8 Å². The zero-order valence-electron chi connectivity index (χ0n) is 17.2. The average Bonchev–Trinajstić information content (AvgIpc) is 3.31. The van der Waals surface area contributed by atoms with Crippen LogP contribution < -0.4 is 10.2 Å². The van der Waals surface area contributed by atoms with Gasteiger partial charge >= 0.3 is 0 Å². The van der Waals surface area contributed by atoms with Crippen molar-refractivity contribution in [1.29, 1.82) is 0 Å². The lowest BCUT2D eigenvalue weighted by Gasteiger charge is -2.37. The predicted octanol–water partition coefficient (Wildman–Crippen LogP) is 4.58. The maximum absolute atomic E-state index is 13.0. The van der Waals surface area contributed by atoms with E-state index in [1.54, 1.807) is 24.3 Å². The SMILES string of the molecule is Cc1cccc(N2CCN(C(=O)c3cccc(NC(=O)c4cccs4)c3)CC2)c1C. The molecule has 5 nitrogen and oxygen atoms in total. The second-order valence-corrected chi connectivity index (χ2v) is 8.46. The summed E-state index contributed by atoms with van der Waals surface area (Å²) in [6.45, 7) is 7.26. The number of nitrogens with one attached hydrogen (secondary N) is 1. The first kappa shape index (κ1) is 20.2. The smallest absolute Gasteiger partial charge is 0.265 e. The Balaban J connectivity index is 1.41. The van der Waals surface area contributed by atoms with E-state index in [9.17, 15) is 9.59 Å². The topological polar surface area (TPSA) is 52.6 Å². The number of aryl methyl sites for hydroxylation is 1. The first-order valence-electron chi connectivity index (χ1n) is 10.1. The summed E-state index contributed by atoms with van der Waals surface area (Å²) in [5.41, 5.74) is 5.06. The Bertz CT molecular complexity index is 1050. The van der Waals surface area contributed by atoms with Crippen molar-refractivity contribution in [1.82, 2.24) is 4.90 Å². The summed E-state index contributed by atoms with van der Waals surface area (Å²) in [6.07, 6.45) is 0. The monoisotopic (exact) mass is 419 g/mol. The first-order valence-corrected chi connectivity index (χ1v) is 11.0. The minimum Gasteiger partial charge on any atom is -0.368 e. The lowest BCUT2D eigenvalue weighted by Crippen LogP contribution is -2.49. The van der Waals surface area contributed by atoms with Crippen molar-refractivity contribution in [2.45, 2.75) is 13.8 Å². The van der Waals surface area contributed by atoms with Gasteiger partial charge < -0.3 is 15.1 Å². The van der Waals surface area contributed by atoms with Crippen molar-refractivity contribution in [2.24, 2.45) is 0 Å². The van der Waals surface area contributed by atoms with Gasteiger partial charge in [0, 0.05) is 43.1 Å². The maximum Gasteiger partial charge on any atom is 0.265 e. The van der Waals surface area contributed by atoms with Gasteiger partial charge in [0.15, 0.2) is 0 Å². The van der Waals surface area contributed by atoms with Gasteiger partial charge in [-0.1, -0.05) is 24.3 Å². The van der Waals surface area contributed by atoms with Crippen LogP contribution in [0.2, 0.25) is 0 Å². The summed E-state index contributed by atoms with van der Waals surface area (Å²) in [6, 6.07) is 17.2. The first-order chi connectivity index (χ1) is 14.5. The van der Waals surface area contributed by atoms with Gasteiger partial charge in [-0.2, -0.15) is 0 Å². The summed E-state index contributed by atoms with van der Waals surface area (Å²) in [4.78, 5) is 30.2. The number of hydrogen-bond donors (Lipinski definition) is 1. The summed E-state index contributed by atoms with van der Waals surface area (Å²) in [7, 11) is 0. The molecule has 0 spiro atoms. The fourth-order valence-corrected chi connectivity index (χ4v) is 4.36. The van der Waals surface area contributed by atoms with Crippen molar-refractivity contribution in [3.05, 3.63) is 81.5 Å². The zero-order chi connectivity index (χ0) is 21.1. The normalized spacial score (nSPS) is 13.9. The van der Waals surface area contributed by atoms with Crippen LogP contribution in [0.3, 0.4) is 0 Å². The number of carbonyl (C=O) groups excluding carboxylic acids is 2. The van der Waals surface area contributed by atoms with E-state index >= 15 is 0 Å². The lowest BCUT2D eigenvalue weighted by molar-refractivity contribution is 0.0746. The standard InChI is InChI=1S/C24H25N3O2S/c1-17-6-3-9-21(18(17)2)26-11-13-27(14-12-26)24(29)19-7-4-8-20(16-19)25-23(28)22-10-5-15-30-22/h3-10,15-16H,11-14H2,1-2H3,(H,25,28). The summed E-state index contributed by atoms with van der Waals surface area (Å²) in [5, 5.41) is 4.74. The number of rotatable bonds is 4. The van der Waals surface area contributed by atoms with Crippen molar-refractivity contribution in [2.75, 3.05) is 36.4 Å². The molecule has 0 saturated carbocycles. The number of hydrogen-bond acceptors (Lipinski definition) is 4. The number of anilines is 2. The van der Waals surface area contributed by atoms with Crippen LogP contribution in [0.5, 0.6) is 0 Å². The Morgan fingerprint density at radius 3 is 2.43 bits per heavy atom. The number of piperazine rings is 1. The third-order valence-corrected chi connectivity index (χ3v) is 6.46. The molecule has 6 heteroatoms. The van der Waals surface area contributed by atoms with Gasteiger partial charge in [0.25, 0.3) is 11.8 Å². The quantitative estimate of drug-likeness (QED) is 0.673. The molecule has 1 saturated heterocycles. The van der Waals surface area contributed by atoms with E-state index in [4.69, 9.17) is 0 Å². The third kappa shape index (κ3) is 4.24. The highest BCUT2D eigenvalue weighted by molar-refractivity contribution is 7.12. The highest BCUT2D eigenvalue weighted by Gasteiger charge is 2.23. The van der Waals surface area contributed by atoms with Crippen LogP contribution in [0.4, 0.5) is 11.4 Å². The van der Waals surface area contributed by atoms with Crippen molar-refractivity contribution in [3.8, 4) is 0 Å². The highest BCUT2D eigenvalue weighted by atomic mass is 32.1. The fourth-order valence-electron chi connectivity index (χ4n) is 3.74. The van der Waals surface area contributed by atoms with E-state index in [0.717, 1.165) is 13.1 Å². The van der Waals surface area contributed by atoms with Gasteiger partial charge in [-0.05, 0) is 60.7 Å². The summed E-state index contributed by atoms with van der Waals surface area (Å²) < 4.78 is 0. The van der Waals surface area contributed by atoms with Crippen molar-refractivity contribution >= 4 is 34.5 Å². The second kappa shape index (κ2) is 8.71. The molecule has 3 aromatic rings. The number of thiophene rings is 1. The predicted molar refractivity (Wildman–Crippen MR) is 123 cm³/mol. The van der Waals surface area contributed by atoms with Crippen molar-refractivity contribution < 1.29 is 9.59 Å². The van der Waals surface area contributed by atoms with Crippen LogP contribution in [0, 0.1) is 13.8 Å². The second-order valence-electron chi connectivity index (χ2n) is 7.51. The Labute approximate surface area is 180 Å². The van der Waals surface area contributed by atoms with E-state index in [2.05, 4.69) is 42.3 Å². The molecule has 0 radical (unpaired) electrons. The molecule has 4 rings (SSSR count). The summed E-state index contributed by atoms with van der Waals surface area (Å²) >= 11 is 1.39. The molecule has 0 aliphatic carbocycles. The van der Waals surface area contributed by atoms with Crippen LogP contribution in [-0.2, 0) is 0 Å². The number of benzene rings is 2. The Hall–Kier alpha value is -3.12. The van der Waals surface area contributed by atoms with E-state index in [1.807, 2.05) is 22.4 Å². The number of nitrogens with zero attached hydrogens (tertiary/aromatic N) is 2. The molecule has 0 atom stereocenters. The van der Waals surface area contributed by atoms with Gasteiger partial charge in [-0.25, -0.2) is 0 Å². The number of amides is 2. The minimum atomic E-state index is -0.156. The average molecular weight is 420 g/mol. The van der Waals surface area contributed by atoms with Gasteiger partial charge in [-0.15, -0.1) is 11.3 Å². The molecule has 30 heavy (non-hydrogen) atoms. The zero-order valence-corrected chi connectivity index (χ0v) is 18.0. The molecule has 154 valence electrons.